The van der Waals surface area contributed by atoms with Gasteiger partial charge < -0.3 is 9.47 Å². The Morgan fingerprint density at radius 1 is 1.33 bits per heavy atom. The quantitative estimate of drug-likeness (QED) is 0.575. The van der Waals surface area contributed by atoms with Crippen LogP contribution < -0.4 is 0 Å². The van der Waals surface area contributed by atoms with Gasteiger partial charge in [0.1, 0.15) is 0 Å². The molecule has 1 heterocycles. The van der Waals surface area contributed by atoms with Gasteiger partial charge in [-0.25, -0.2) is 4.68 Å². The minimum absolute atomic E-state index is 0.379. The summed E-state index contributed by atoms with van der Waals surface area (Å²) in [6.07, 6.45) is -0.379. The number of hydrogen-bond acceptors (Lipinski definition) is 6. The van der Waals surface area contributed by atoms with Gasteiger partial charge in [0, 0.05) is 25.0 Å². The zero-order chi connectivity index (χ0) is 15.2. The van der Waals surface area contributed by atoms with Gasteiger partial charge >= 0.3 is 0 Å². The Morgan fingerprint density at radius 3 is 2.76 bits per heavy atom. The third-order valence-corrected chi connectivity index (χ3v) is 4.27. The summed E-state index contributed by atoms with van der Waals surface area (Å²) in [5, 5.41) is 13.1. The molecule has 6 nitrogen and oxygen atoms in total. The first-order valence-corrected chi connectivity index (χ1v) is 7.70. The predicted molar refractivity (Wildman–Crippen MR) is 81.4 cm³/mol. The smallest absolute Gasteiger partial charge is 0.209 e. The van der Waals surface area contributed by atoms with E-state index in [0.717, 1.165) is 16.1 Å². The van der Waals surface area contributed by atoms with Gasteiger partial charge in [0.15, 0.2) is 6.29 Å². The number of halogens is 1. The molecular formula is C13H17ClN4O2S. The van der Waals surface area contributed by atoms with E-state index >= 15 is 0 Å². The summed E-state index contributed by atoms with van der Waals surface area (Å²) < 4.78 is 12.0. The largest absolute Gasteiger partial charge is 0.354 e. The lowest BCUT2D eigenvalue weighted by atomic mass is 10.2. The van der Waals surface area contributed by atoms with Crippen molar-refractivity contribution in [1.29, 1.82) is 0 Å². The number of aryl methyl sites for hydroxylation is 1. The molecule has 0 atom stereocenters. The maximum atomic E-state index is 6.23. The zero-order valence-corrected chi connectivity index (χ0v) is 13.7. The molecule has 1 aromatic heterocycles. The third kappa shape index (κ3) is 4.41. The van der Waals surface area contributed by atoms with Crippen molar-refractivity contribution in [3.05, 3.63) is 34.3 Å². The first-order valence-electron chi connectivity index (χ1n) is 6.33. The lowest BCUT2D eigenvalue weighted by Gasteiger charge is -2.13. The van der Waals surface area contributed by atoms with Crippen LogP contribution in [-0.4, -0.2) is 40.7 Å². The van der Waals surface area contributed by atoms with Crippen molar-refractivity contribution in [1.82, 2.24) is 20.2 Å². The van der Waals surface area contributed by atoms with E-state index in [2.05, 4.69) is 15.5 Å². The molecule has 0 saturated heterocycles. The van der Waals surface area contributed by atoms with Crippen LogP contribution in [-0.2, 0) is 21.8 Å². The fourth-order valence-electron chi connectivity index (χ4n) is 1.71. The maximum Gasteiger partial charge on any atom is 0.209 e. The van der Waals surface area contributed by atoms with Gasteiger partial charge in [-0.05, 0) is 34.5 Å². The molecule has 21 heavy (non-hydrogen) atoms. The van der Waals surface area contributed by atoms with Crippen LogP contribution in [0.25, 0.3) is 0 Å². The van der Waals surface area contributed by atoms with Gasteiger partial charge in [0.05, 0.1) is 6.54 Å². The molecule has 0 N–H and O–H groups in total. The molecule has 0 amide bonds. The molecule has 0 aliphatic heterocycles. The molecule has 114 valence electrons. The highest BCUT2D eigenvalue weighted by Gasteiger charge is 2.13. The number of aromatic nitrogens is 4. The van der Waals surface area contributed by atoms with Crippen molar-refractivity contribution in [2.75, 3.05) is 14.2 Å². The van der Waals surface area contributed by atoms with Gasteiger partial charge in [-0.3, -0.25) is 0 Å². The molecule has 1 aromatic carbocycles. The van der Waals surface area contributed by atoms with Crippen molar-refractivity contribution >= 4 is 23.4 Å². The van der Waals surface area contributed by atoms with Crippen LogP contribution in [0.4, 0.5) is 0 Å². The van der Waals surface area contributed by atoms with Crippen LogP contribution in [0, 0.1) is 6.92 Å². The highest BCUT2D eigenvalue weighted by Crippen LogP contribution is 2.26. The molecule has 0 saturated carbocycles. The average molecular weight is 329 g/mol. The molecule has 0 spiro atoms. The second kappa shape index (κ2) is 7.74. The van der Waals surface area contributed by atoms with Crippen LogP contribution in [0.1, 0.15) is 11.1 Å². The highest BCUT2D eigenvalue weighted by atomic mass is 35.5. The van der Waals surface area contributed by atoms with Crippen molar-refractivity contribution in [3.8, 4) is 0 Å². The molecule has 0 bridgehead atoms. The molecule has 0 unspecified atom stereocenters. The Balaban J connectivity index is 2.02. The van der Waals surface area contributed by atoms with E-state index < -0.39 is 0 Å². The summed E-state index contributed by atoms with van der Waals surface area (Å²) in [5.74, 6) is 0.699. The Labute approximate surface area is 132 Å². The Kier molecular flexibility index (Phi) is 5.98. The molecule has 2 rings (SSSR count). The lowest BCUT2D eigenvalue weighted by Crippen LogP contribution is -2.21. The fraction of sp³-hybridized carbons (Fsp3) is 0.462. The van der Waals surface area contributed by atoms with E-state index in [0.29, 0.717) is 17.5 Å². The number of thioether (sulfide) groups is 1. The first-order chi connectivity index (χ1) is 10.1. The summed E-state index contributed by atoms with van der Waals surface area (Å²) >= 11 is 7.75. The molecule has 0 aliphatic carbocycles. The van der Waals surface area contributed by atoms with E-state index in [1.807, 2.05) is 25.1 Å². The lowest BCUT2D eigenvalue weighted by molar-refractivity contribution is -0.113. The molecule has 0 fully saturated rings. The van der Waals surface area contributed by atoms with Gasteiger partial charge in [-0.2, -0.15) is 0 Å². The summed E-state index contributed by atoms with van der Waals surface area (Å²) in [5.41, 5.74) is 2.19. The van der Waals surface area contributed by atoms with E-state index in [-0.39, 0.29) is 6.29 Å². The Hall–Kier alpha value is -1.15. The minimum atomic E-state index is -0.379. The molecule has 8 heteroatoms. The second-order valence-electron chi connectivity index (χ2n) is 4.43. The van der Waals surface area contributed by atoms with Gasteiger partial charge in [0.25, 0.3) is 0 Å². The van der Waals surface area contributed by atoms with Crippen molar-refractivity contribution in [2.24, 2.45) is 0 Å². The number of methoxy groups -OCH3 is 2. The average Bonchev–Trinajstić information content (AvgIpc) is 2.91. The maximum absolute atomic E-state index is 6.23. The number of ether oxygens (including phenoxy) is 2. The summed E-state index contributed by atoms with van der Waals surface area (Å²) in [7, 11) is 3.16. The summed E-state index contributed by atoms with van der Waals surface area (Å²) in [6, 6.07) is 6.01. The van der Waals surface area contributed by atoms with Crippen LogP contribution in [0.3, 0.4) is 0 Å². The normalized spacial score (nSPS) is 11.3. The molecular weight excluding hydrogens is 312 g/mol. The van der Waals surface area contributed by atoms with E-state index in [9.17, 15) is 0 Å². The van der Waals surface area contributed by atoms with Crippen molar-refractivity contribution < 1.29 is 9.47 Å². The molecule has 0 aliphatic rings. The number of benzene rings is 1. The van der Waals surface area contributed by atoms with Crippen LogP contribution in [0.2, 0.25) is 5.02 Å². The standard InChI is InChI=1S/C13H17ClN4O2S/c1-9-4-5-10(11(14)6-9)8-21-13-15-16-17-18(13)7-12(19-2)20-3/h4-6,12H,7-8H2,1-3H3. The topological polar surface area (TPSA) is 62.1 Å². The monoisotopic (exact) mass is 328 g/mol. The third-order valence-electron chi connectivity index (χ3n) is 2.91. The molecule has 2 aromatic rings. The number of tetrazole rings is 1. The van der Waals surface area contributed by atoms with E-state index in [1.54, 1.807) is 18.9 Å². The number of rotatable bonds is 7. The van der Waals surface area contributed by atoms with Crippen LogP contribution in [0.15, 0.2) is 23.4 Å². The Morgan fingerprint density at radius 2 is 2.10 bits per heavy atom. The minimum Gasteiger partial charge on any atom is -0.354 e. The van der Waals surface area contributed by atoms with E-state index in [4.69, 9.17) is 21.1 Å². The van der Waals surface area contributed by atoms with Crippen molar-refractivity contribution in [3.63, 3.8) is 0 Å². The SMILES string of the molecule is COC(Cn1nnnc1SCc1ccc(C)cc1Cl)OC. The van der Waals surface area contributed by atoms with Gasteiger partial charge in [-0.15, -0.1) is 5.10 Å². The summed E-state index contributed by atoms with van der Waals surface area (Å²) in [4.78, 5) is 0. The predicted octanol–water partition coefficient (Wildman–Crippen LogP) is 2.55. The zero-order valence-electron chi connectivity index (χ0n) is 12.1. The molecule has 0 radical (unpaired) electrons. The van der Waals surface area contributed by atoms with Gasteiger partial charge in [0.2, 0.25) is 5.16 Å². The fourth-order valence-corrected chi connectivity index (χ4v) is 2.98. The van der Waals surface area contributed by atoms with Crippen LogP contribution in [0.5, 0.6) is 0 Å². The Bertz CT molecular complexity index is 589. The second-order valence-corrected chi connectivity index (χ2v) is 5.78. The van der Waals surface area contributed by atoms with Gasteiger partial charge in [-0.1, -0.05) is 35.5 Å². The number of nitrogens with zero attached hydrogens (tertiary/aromatic N) is 4. The summed E-state index contributed by atoms with van der Waals surface area (Å²) in [6.45, 7) is 2.45. The number of hydrogen-bond donors (Lipinski definition) is 0. The van der Waals surface area contributed by atoms with Crippen LogP contribution >= 0.6 is 23.4 Å². The highest BCUT2D eigenvalue weighted by molar-refractivity contribution is 7.98. The first kappa shape index (κ1) is 16.2. The van der Waals surface area contributed by atoms with Crippen molar-refractivity contribution in [2.45, 2.75) is 30.7 Å². The van der Waals surface area contributed by atoms with E-state index in [1.165, 1.54) is 11.8 Å².